The first-order valence-corrected chi connectivity index (χ1v) is 5.83. The average molecular weight is 238 g/mol. The van der Waals surface area contributed by atoms with E-state index in [-0.39, 0.29) is 0 Å². The lowest BCUT2D eigenvalue weighted by atomic mass is 10.1. The van der Waals surface area contributed by atoms with Gasteiger partial charge in [0.15, 0.2) is 0 Å². The molecule has 2 rings (SSSR count). The van der Waals surface area contributed by atoms with E-state index in [1.54, 1.807) is 6.07 Å². The molecule has 18 heavy (non-hydrogen) atoms. The number of benzene rings is 1. The molecule has 0 aliphatic rings. The maximum absolute atomic E-state index is 8.92. The highest BCUT2D eigenvalue weighted by Gasteiger charge is 2.05. The molecule has 90 valence electrons. The maximum Gasteiger partial charge on any atom is 0.131 e. The van der Waals surface area contributed by atoms with Crippen LogP contribution in [0.3, 0.4) is 0 Å². The Balaban J connectivity index is 2.52. The van der Waals surface area contributed by atoms with E-state index in [0.717, 1.165) is 29.3 Å². The van der Waals surface area contributed by atoms with Crippen LogP contribution in [0.5, 0.6) is 0 Å². The van der Waals surface area contributed by atoms with Gasteiger partial charge in [-0.25, -0.2) is 9.97 Å². The fourth-order valence-electron chi connectivity index (χ4n) is 1.68. The molecule has 4 nitrogen and oxygen atoms in total. The normalized spacial score (nSPS) is 9.83. The summed E-state index contributed by atoms with van der Waals surface area (Å²) in [6.07, 6.45) is 0.778. The second-order valence-electron chi connectivity index (χ2n) is 3.85. The van der Waals surface area contributed by atoms with Crippen LogP contribution in [0.1, 0.15) is 18.3 Å². The second kappa shape index (κ2) is 5.28. The molecule has 0 fully saturated rings. The summed E-state index contributed by atoms with van der Waals surface area (Å²) < 4.78 is 0. The molecule has 0 spiro atoms. The van der Waals surface area contributed by atoms with Crippen LogP contribution in [-0.2, 0) is 6.42 Å². The Hall–Kier alpha value is -2.41. The maximum atomic E-state index is 8.92. The molecule has 0 unspecified atom stereocenters. The highest BCUT2D eigenvalue weighted by atomic mass is 15.0. The summed E-state index contributed by atoms with van der Waals surface area (Å²) in [6.45, 7) is 2.02. The molecular formula is C14H14N4. The summed E-state index contributed by atoms with van der Waals surface area (Å²) in [7, 11) is 1.83. The first kappa shape index (κ1) is 12.1. The predicted octanol–water partition coefficient (Wildman–Crippen LogP) is 2.62. The Morgan fingerprint density at radius 2 is 2.11 bits per heavy atom. The molecule has 4 heteroatoms. The highest BCUT2D eigenvalue weighted by molar-refractivity contribution is 5.64. The van der Waals surface area contributed by atoms with E-state index in [0.29, 0.717) is 5.56 Å². The number of nitriles is 1. The first-order chi connectivity index (χ1) is 8.76. The summed E-state index contributed by atoms with van der Waals surface area (Å²) in [5, 5.41) is 11.9. The van der Waals surface area contributed by atoms with Crippen LogP contribution in [0.2, 0.25) is 0 Å². The van der Waals surface area contributed by atoms with Crippen molar-refractivity contribution in [3.8, 4) is 17.3 Å². The highest BCUT2D eigenvalue weighted by Crippen LogP contribution is 2.20. The molecule has 1 heterocycles. The zero-order chi connectivity index (χ0) is 13.0. The summed E-state index contributed by atoms with van der Waals surface area (Å²) in [6, 6.07) is 11.4. The Bertz CT molecular complexity index is 577. The number of nitrogens with zero attached hydrogens (tertiary/aromatic N) is 3. The third-order valence-corrected chi connectivity index (χ3v) is 2.63. The van der Waals surface area contributed by atoms with Crippen molar-refractivity contribution < 1.29 is 0 Å². The summed E-state index contributed by atoms with van der Waals surface area (Å²) in [5.41, 5.74) is 2.40. The van der Waals surface area contributed by atoms with Crippen LogP contribution in [0.15, 0.2) is 30.3 Å². The van der Waals surface area contributed by atoms with Gasteiger partial charge in [-0.05, 0) is 12.1 Å². The molecule has 0 aliphatic carbocycles. The van der Waals surface area contributed by atoms with E-state index in [9.17, 15) is 0 Å². The van der Waals surface area contributed by atoms with E-state index >= 15 is 0 Å². The van der Waals surface area contributed by atoms with Gasteiger partial charge in [-0.2, -0.15) is 5.26 Å². The number of rotatable bonds is 3. The number of aromatic nitrogens is 2. The van der Waals surface area contributed by atoms with Crippen molar-refractivity contribution in [2.24, 2.45) is 0 Å². The topological polar surface area (TPSA) is 61.6 Å². The van der Waals surface area contributed by atoms with Crippen molar-refractivity contribution in [1.82, 2.24) is 9.97 Å². The Labute approximate surface area is 106 Å². The van der Waals surface area contributed by atoms with Crippen molar-refractivity contribution in [2.45, 2.75) is 13.3 Å². The minimum absolute atomic E-state index is 0.634. The molecule has 2 aromatic rings. The third-order valence-electron chi connectivity index (χ3n) is 2.63. The zero-order valence-electron chi connectivity index (χ0n) is 10.4. The molecule has 1 aromatic heterocycles. The predicted molar refractivity (Wildman–Crippen MR) is 71.1 cm³/mol. The van der Waals surface area contributed by atoms with Crippen LogP contribution in [0, 0.1) is 11.3 Å². The van der Waals surface area contributed by atoms with Crippen LogP contribution in [-0.4, -0.2) is 17.0 Å². The van der Waals surface area contributed by atoms with E-state index < -0.39 is 0 Å². The van der Waals surface area contributed by atoms with Gasteiger partial charge in [0.2, 0.25) is 0 Å². The quantitative estimate of drug-likeness (QED) is 0.892. The lowest BCUT2D eigenvalue weighted by Crippen LogP contribution is -2.00. The molecule has 0 aliphatic heterocycles. The monoisotopic (exact) mass is 238 g/mol. The molecule has 0 atom stereocenters. The van der Waals surface area contributed by atoms with Gasteiger partial charge in [-0.3, -0.25) is 0 Å². The lowest BCUT2D eigenvalue weighted by molar-refractivity contribution is 0.945. The van der Waals surface area contributed by atoms with Crippen LogP contribution < -0.4 is 5.32 Å². The van der Waals surface area contributed by atoms with Crippen molar-refractivity contribution in [2.75, 3.05) is 12.4 Å². The molecule has 0 amide bonds. The number of hydrogen-bond acceptors (Lipinski definition) is 4. The molecule has 1 aromatic carbocycles. The number of aryl methyl sites for hydroxylation is 1. The third kappa shape index (κ3) is 2.46. The Morgan fingerprint density at radius 3 is 2.78 bits per heavy atom. The molecule has 1 N–H and O–H groups in total. The van der Waals surface area contributed by atoms with Crippen molar-refractivity contribution in [3.05, 3.63) is 41.7 Å². The first-order valence-electron chi connectivity index (χ1n) is 5.83. The van der Waals surface area contributed by atoms with Gasteiger partial charge >= 0.3 is 0 Å². The van der Waals surface area contributed by atoms with Crippen LogP contribution in [0.4, 0.5) is 5.82 Å². The van der Waals surface area contributed by atoms with Crippen molar-refractivity contribution in [1.29, 1.82) is 5.26 Å². The van der Waals surface area contributed by atoms with Gasteiger partial charge < -0.3 is 5.32 Å². The number of hydrogen-bond donors (Lipinski definition) is 1. The van der Waals surface area contributed by atoms with E-state index in [1.807, 2.05) is 38.2 Å². The Kier molecular flexibility index (Phi) is 3.54. The van der Waals surface area contributed by atoms with Crippen LogP contribution >= 0.6 is 0 Å². The minimum atomic E-state index is 0.634. The number of anilines is 1. The Morgan fingerprint density at radius 1 is 1.28 bits per heavy atom. The van der Waals surface area contributed by atoms with Gasteiger partial charge in [0, 0.05) is 25.1 Å². The number of nitrogens with one attached hydrogen (secondary N) is 1. The summed E-state index contributed by atoms with van der Waals surface area (Å²) in [4.78, 5) is 8.84. The average Bonchev–Trinajstić information content (AvgIpc) is 2.46. The molecule has 0 saturated carbocycles. The van der Waals surface area contributed by atoms with Gasteiger partial charge in [0.1, 0.15) is 11.6 Å². The van der Waals surface area contributed by atoms with Gasteiger partial charge in [0.05, 0.1) is 17.3 Å². The lowest BCUT2D eigenvalue weighted by Gasteiger charge is -2.07. The zero-order valence-corrected chi connectivity index (χ0v) is 10.4. The minimum Gasteiger partial charge on any atom is -0.373 e. The van der Waals surface area contributed by atoms with Crippen molar-refractivity contribution >= 4 is 5.82 Å². The van der Waals surface area contributed by atoms with Gasteiger partial charge in [-0.1, -0.05) is 19.1 Å². The summed E-state index contributed by atoms with van der Waals surface area (Å²) >= 11 is 0. The summed E-state index contributed by atoms with van der Waals surface area (Å²) in [5.74, 6) is 1.58. The molecule has 0 radical (unpaired) electrons. The largest absolute Gasteiger partial charge is 0.373 e. The standard InChI is InChI=1S/C14H14N4/c1-3-13-17-12(8-14(16-2)18-13)11-6-4-5-10(7-11)9-15/h4-8H,3H2,1-2H3,(H,16,17,18). The fourth-order valence-corrected chi connectivity index (χ4v) is 1.68. The molecule has 0 saturated heterocycles. The fraction of sp³-hybridized carbons (Fsp3) is 0.214. The van der Waals surface area contributed by atoms with Gasteiger partial charge in [0.25, 0.3) is 0 Å². The van der Waals surface area contributed by atoms with Crippen LogP contribution in [0.25, 0.3) is 11.3 Å². The SMILES string of the molecule is CCc1nc(NC)cc(-c2cccc(C#N)c2)n1. The van der Waals surface area contributed by atoms with E-state index in [2.05, 4.69) is 21.4 Å². The molecule has 0 bridgehead atoms. The second-order valence-corrected chi connectivity index (χ2v) is 3.85. The van der Waals surface area contributed by atoms with E-state index in [4.69, 9.17) is 5.26 Å². The molecular weight excluding hydrogens is 224 g/mol. The van der Waals surface area contributed by atoms with Gasteiger partial charge in [-0.15, -0.1) is 0 Å². The van der Waals surface area contributed by atoms with Crippen molar-refractivity contribution in [3.63, 3.8) is 0 Å². The van der Waals surface area contributed by atoms with E-state index in [1.165, 1.54) is 0 Å². The smallest absolute Gasteiger partial charge is 0.131 e.